The second kappa shape index (κ2) is 7.35. The van der Waals surface area contributed by atoms with Gasteiger partial charge in [-0.05, 0) is 42.1 Å². The minimum Gasteiger partial charge on any atom is -0.468 e. The van der Waals surface area contributed by atoms with Crippen molar-refractivity contribution in [2.24, 2.45) is 11.8 Å². The highest BCUT2D eigenvalue weighted by Crippen LogP contribution is 2.52. The number of benzene rings is 1. The highest BCUT2D eigenvalue weighted by Gasteiger charge is 2.68. The number of esters is 1. The number of amides is 2. The minimum atomic E-state index is -1.29. The Balaban J connectivity index is 1.84. The molecule has 2 aliphatic rings. The molecule has 0 bridgehead atoms. The van der Waals surface area contributed by atoms with Crippen LogP contribution in [-0.2, 0) is 19.1 Å². The van der Waals surface area contributed by atoms with Gasteiger partial charge in [0.2, 0.25) is 11.8 Å². The number of halogens is 1. The van der Waals surface area contributed by atoms with Gasteiger partial charge in [0.25, 0.3) is 0 Å². The van der Waals surface area contributed by atoms with E-state index >= 15 is 0 Å². The van der Waals surface area contributed by atoms with Crippen molar-refractivity contribution < 1.29 is 23.5 Å². The number of nitrogens with zero attached hydrogens (tertiary/aromatic N) is 1. The quantitative estimate of drug-likeness (QED) is 0.599. The van der Waals surface area contributed by atoms with Crippen molar-refractivity contribution >= 4 is 34.8 Å². The normalized spacial score (nSPS) is 28.7. The summed E-state index contributed by atoms with van der Waals surface area (Å²) in [6.45, 7) is 1.92. The molecule has 2 saturated heterocycles. The van der Waals surface area contributed by atoms with Crippen molar-refractivity contribution in [1.82, 2.24) is 5.32 Å². The van der Waals surface area contributed by atoms with E-state index in [1.807, 2.05) is 24.4 Å². The summed E-state index contributed by atoms with van der Waals surface area (Å²) in [6, 6.07) is 8.49. The number of ether oxygens (including phenoxy) is 1. The minimum absolute atomic E-state index is 0.302. The number of nitrogens with one attached hydrogen (secondary N) is 1. The Hall–Kier alpha value is -2.58. The first-order valence-corrected chi connectivity index (χ1v) is 10.4. The van der Waals surface area contributed by atoms with Crippen LogP contribution < -0.4 is 10.2 Å². The molecule has 6 nitrogen and oxygen atoms in total. The molecule has 4 rings (SSSR count). The van der Waals surface area contributed by atoms with Crippen LogP contribution in [0.4, 0.5) is 10.1 Å². The molecule has 152 valence electrons. The molecular weight excluding hydrogens is 395 g/mol. The zero-order chi connectivity index (χ0) is 20.8. The van der Waals surface area contributed by atoms with Gasteiger partial charge in [-0.1, -0.05) is 19.4 Å². The van der Waals surface area contributed by atoms with Gasteiger partial charge in [-0.15, -0.1) is 11.3 Å². The first-order valence-electron chi connectivity index (χ1n) is 9.47. The topological polar surface area (TPSA) is 75.7 Å². The Bertz CT molecular complexity index is 946. The van der Waals surface area contributed by atoms with Crippen LogP contribution in [0.2, 0.25) is 0 Å². The van der Waals surface area contributed by atoms with Crippen LogP contribution in [0.5, 0.6) is 0 Å². The molecule has 4 atom stereocenters. The lowest BCUT2D eigenvalue weighted by atomic mass is 9.77. The molecule has 2 aromatic rings. The Morgan fingerprint density at radius 2 is 1.97 bits per heavy atom. The van der Waals surface area contributed by atoms with E-state index in [1.165, 1.54) is 42.7 Å². The molecule has 1 aromatic heterocycles. The van der Waals surface area contributed by atoms with Gasteiger partial charge in [0.1, 0.15) is 11.4 Å². The SMILES string of the molecule is CCC[C@@]1(C(=O)OC)N[C@@H](c2cccs2)[C@H]2C(=O)N(c3ccc(F)cc3)C(=O)[C@@H]21. The molecule has 0 radical (unpaired) electrons. The van der Waals surface area contributed by atoms with Crippen molar-refractivity contribution in [3.8, 4) is 0 Å². The fourth-order valence-corrected chi connectivity index (χ4v) is 5.48. The van der Waals surface area contributed by atoms with Gasteiger partial charge in [0, 0.05) is 4.88 Å². The lowest BCUT2D eigenvalue weighted by Crippen LogP contribution is -2.56. The van der Waals surface area contributed by atoms with E-state index in [1.54, 1.807) is 0 Å². The number of hydrogen-bond acceptors (Lipinski definition) is 6. The molecule has 1 aromatic carbocycles. The Morgan fingerprint density at radius 3 is 2.55 bits per heavy atom. The van der Waals surface area contributed by atoms with Gasteiger partial charge in [-0.2, -0.15) is 0 Å². The smallest absolute Gasteiger partial charge is 0.326 e. The molecular formula is C21H21FN2O4S. The standard InChI is InChI=1S/C21H21FN2O4S/c1-3-10-21(20(27)28-2)16-15(17(23-21)14-5-4-11-29-14)18(25)24(19(16)26)13-8-6-12(22)7-9-13/h4-9,11,15-17,23H,3,10H2,1-2H3/t15-,16+,17-,21+/m0/s1. The molecule has 3 heterocycles. The second-order valence-electron chi connectivity index (χ2n) is 7.34. The Labute approximate surface area is 171 Å². The number of imide groups is 1. The zero-order valence-electron chi connectivity index (χ0n) is 16.1. The number of rotatable bonds is 5. The van der Waals surface area contributed by atoms with Crippen LogP contribution in [-0.4, -0.2) is 30.4 Å². The number of carbonyl (C=O) groups excluding carboxylic acids is 3. The van der Waals surface area contributed by atoms with Crippen LogP contribution >= 0.6 is 11.3 Å². The Kier molecular flexibility index (Phi) is 5.00. The number of thiophene rings is 1. The molecule has 8 heteroatoms. The maximum Gasteiger partial charge on any atom is 0.326 e. The van der Waals surface area contributed by atoms with Crippen LogP contribution in [0.25, 0.3) is 0 Å². The maximum atomic E-state index is 13.5. The summed E-state index contributed by atoms with van der Waals surface area (Å²) in [6.07, 6.45) is 0.986. The van der Waals surface area contributed by atoms with Gasteiger partial charge >= 0.3 is 5.97 Å². The summed E-state index contributed by atoms with van der Waals surface area (Å²) in [5, 5.41) is 5.20. The molecule has 29 heavy (non-hydrogen) atoms. The van der Waals surface area contributed by atoms with E-state index in [-0.39, 0.29) is 5.91 Å². The van der Waals surface area contributed by atoms with Crippen molar-refractivity contribution in [3.63, 3.8) is 0 Å². The summed E-state index contributed by atoms with van der Waals surface area (Å²) >= 11 is 1.46. The number of fused-ring (bicyclic) bond motifs is 1. The van der Waals surface area contributed by atoms with Crippen LogP contribution in [0.3, 0.4) is 0 Å². The van der Waals surface area contributed by atoms with Crippen LogP contribution in [0, 0.1) is 17.7 Å². The molecule has 2 aliphatic heterocycles. The molecule has 2 amide bonds. The zero-order valence-corrected chi connectivity index (χ0v) is 16.9. The molecule has 0 aliphatic carbocycles. The van der Waals surface area contributed by atoms with E-state index in [9.17, 15) is 18.8 Å². The van der Waals surface area contributed by atoms with E-state index in [0.717, 1.165) is 9.78 Å². The average Bonchev–Trinajstić information content (AvgIpc) is 3.41. The monoisotopic (exact) mass is 416 g/mol. The summed E-state index contributed by atoms with van der Waals surface area (Å²) < 4.78 is 18.4. The van der Waals surface area contributed by atoms with Crippen molar-refractivity contribution in [2.45, 2.75) is 31.3 Å². The first-order chi connectivity index (χ1) is 13.9. The van der Waals surface area contributed by atoms with E-state index in [4.69, 9.17) is 4.74 Å². The fraction of sp³-hybridized carbons (Fsp3) is 0.381. The molecule has 0 spiro atoms. The number of hydrogen-bond donors (Lipinski definition) is 1. The van der Waals surface area contributed by atoms with Gasteiger partial charge in [-0.3, -0.25) is 19.7 Å². The predicted octanol–water partition coefficient (Wildman–Crippen LogP) is 3.05. The van der Waals surface area contributed by atoms with Crippen LogP contribution in [0.1, 0.15) is 30.7 Å². The fourth-order valence-electron chi connectivity index (χ4n) is 4.66. The second-order valence-corrected chi connectivity index (χ2v) is 8.32. The van der Waals surface area contributed by atoms with Gasteiger partial charge in [0.15, 0.2) is 0 Å². The van der Waals surface area contributed by atoms with Gasteiger partial charge < -0.3 is 4.74 Å². The number of anilines is 1. The summed E-state index contributed by atoms with van der Waals surface area (Å²) in [4.78, 5) is 41.8. The van der Waals surface area contributed by atoms with Crippen molar-refractivity contribution in [2.75, 3.05) is 12.0 Å². The van der Waals surface area contributed by atoms with Gasteiger partial charge in [0.05, 0.1) is 30.7 Å². The predicted molar refractivity (Wildman–Crippen MR) is 106 cm³/mol. The average molecular weight is 416 g/mol. The highest BCUT2D eigenvalue weighted by atomic mass is 32.1. The maximum absolute atomic E-state index is 13.5. The summed E-state index contributed by atoms with van der Waals surface area (Å²) in [5.74, 6) is -3.48. The third kappa shape index (κ3) is 2.89. The summed E-state index contributed by atoms with van der Waals surface area (Å²) in [5.41, 5.74) is -0.986. The van der Waals surface area contributed by atoms with E-state index in [0.29, 0.717) is 18.5 Å². The number of carbonyl (C=O) groups is 3. The third-order valence-electron chi connectivity index (χ3n) is 5.78. The van der Waals surface area contributed by atoms with E-state index < -0.39 is 41.1 Å². The molecule has 0 saturated carbocycles. The lowest BCUT2D eigenvalue weighted by molar-refractivity contribution is -0.152. The van der Waals surface area contributed by atoms with Crippen LogP contribution in [0.15, 0.2) is 41.8 Å². The third-order valence-corrected chi connectivity index (χ3v) is 6.74. The van der Waals surface area contributed by atoms with Crippen molar-refractivity contribution in [1.29, 1.82) is 0 Å². The largest absolute Gasteiger partial charge is 0.468 e. The lowest BCUT2D eigenvalue weighted by Gasteiger charge is -2.32. The van der Waals surface area contributed by atoms with Gasteiger partial charge in [-0.25, -0.2) is 9.29 Å². The Morgan fingerprint density at radius 1 is 1.24 bits per heavy atom. The summed E-state index contributed by atoms with van der Waals surface area (Å²) in [7, 11) is 1.29. The molecule has 2 fully saturated rings. The molecule has 1 N–H and O–H groups in total. The first kappa shape index (κ1) is 19.7. The number of methoxy groups -OCH3 is 1. The van der Waals surface area contributed by atoms with Crippen molar-refractivity contribution in [3.05, 3.63) is 52.5 Å². The highest BCUT2D eigenvalue weighted by molar-refractivity contribution is 7.10. The van der Waals surface area contributed by atoms with E-state index in [2.05, 4.69) is 5.32 Å². The molecule has 0 unspecified atom stereocenters.